The molecule has 6 nitrogen and oxygen atoms in total. The van der Waals surface area contributed by atoms with Gasteiger partial charge in [-0.15, -0.1) is 0 Å². The zero-order valence-corrected chi connectivity index (χ0v) is 16.2. The zero-order valence-electron chi connectivity index (χ0n) is 16.2. The van der Waals surface area contributed by atoms with Crippen LogP contribution in [0.25, 0.3) is 10.9 Å². The van der Waals surface area contributed by atoms with E-state index in [-0.39, 0.29) is 17.8 Å². The highest BCUT2D eigenvalue weighted by atomic mass is 19.1. The highest BCUT2D eigenvalue weighted by Gasteiger charge is 2.30. The van der Waals surface area contributed by atoms with Gasteiger partial charge in [0.25, 0.3) is 0 Å². The highest BCUT2D eigenvalue weighted by molar-refractivity contribution is 5.81. The van der Waals surface area contributed by atoms with Crippen LogP contribution in [0.4, 0.5) is 16.2 Å². The van der Waals surface area contributed by atoms with Crippen LogP contribution >= 0.6 is 0 Å². The van der Waals surface area contributed by atoms with Gasteiger partial charge in [-0.25, -0.2) is 9.37 Å². The molecule has 1 aromatic carbocycles. The number of ether oxygens (including phenoxy) is 1. The molecule has 29 heavy (non-hydrogen) atoms. The lowest BCUT2D eigenvalue weighted by Gasteiger charge is -2.21. The number of hydrogen-bond acceptors (Lipinski definition) is 6. The van der Waals surface area contributed by atoms with Crippen LogP contribution in [0, 0.1) is 11.7 Å². The number of benzene rings is 1. The molecule has 1 N–H and O–H groups in total. The molecule has 2 aromatic heterocycles. The lowest BCUT2D eigenvalue weighted by molar-refractivity contribution is 0.185. The normalized spacial score (nSPS) is 21.8. The molecular weight excluding hydrogens is 369 g/mol. The van der Waals surface area contributed by atoms with Gasteiger partial charge in [0.05, 0.1) is 31.0 Å². The summed E-state index contributed by atoms with van der Waals surface area (Å²) in [4.78, 5) is 15.1. The highest BCUT2D eigenvalue weighted by Crippen LogP contribution is 2.27. The van der Waals surface area contributed by atoms with Gasteiger partial charge >= 0.3 is 0 Å². The SMILES string of the molecule is Fc1cnc(N[C@H]2COC[C@H]2Cc2ccnc3ccccc23)nc1N1CCCC1. The maximum atomic E-state index is 14.2. The predicted molar refractivity (Wildman–Crippen MR) is 111 cm³/mol. The van der Waals surface area contributed by atoms with E-state index in [2.05, 4.69) is 32.4 Å². The number of hydrogen-bond donors (Lipinski definition) is 1. The average molecular weight is 393 g/mol. The van der Waals surface area contributed by atoms with Crippen molar-refractivity contribution in [2.45, 2.75) is 25.3 Å². The number of para-hydroxylation sites is 1. The van der Waals surface area contributed by atoms with Gasteiger partial charge in [0.2, 0.25) is 5.95 Å². The molecule has 0 amide bonds. The first-order valence-corrected chi connectivity index (χ1v) is 10.2. The van der Waals surface area contributed by atoms with Crippen molar-refractivity contribution in [2.75, 3.05) is 36.5 Å². The van der Waals surface area contributed by atoms with E-state index in [0.29, 0.717) is 25.0 Å². The van der Waals surface area contributed by atoms with Crippen molar-refractivity contribution >= 4 is 22.7 Å². The smallest absolute Gasteiger partial charge is 0.225 e. The quantitative estimate of drug-likeness (QED) is 0.717. The fourth-order valence-electron chi connectivity index (χ4n) is 4.32. The second kappa shape index (κ2) is 7.91. The molecule has 2 saturated heterocycles. The molecule has 0 bridgehead atoms. The van der Waals surface area contributed by atoms with E-state index < -0.39 is 0 Å². The number of aromatic nitrogens is 3. The van der Waals surface area contributed by atoms with Crippen LogP contribution in [0.2, 0.25) is 0 Å². The van der Waals surface area contributed by atoms with Crippen LogP contribution < -0.4 is 10.2 Å². The van der Waals surface area contributed by atoms with Gasteiger partial charge in [-0.05, 0) is 37.0 Å². The number of rotatable bonds is 5. The largest absolute Gasteiger partial charge is 0.379 e. The Morgan fingerprint density at radius 1 is 1.10 bits per heavy atom. The summed E-state index contributed by atoms with van der Waals surface area (Å²) in [6, 6.07) is 10.4. The molecule has 0 saturated carbocycles. The van der Waals surface area contributed by atoms with E-state index in [0.717, 1.165) is 37.9 Å². The first-order chi connectivity index (χ1) is 14.3. The van der Waals surface area contributed by atoms with E-state index in [4.69, 9.17) is 4.74 Å². The number of nitrogens with zero attached hydrogens (tertiary/aromatic N) is 4. The van der Waals surface area contributed by atoms with Crippen LogP contribution in [-0.4, -0.2) is 47.3 Å². The first kappa shape index (κ1) is 18.2. The van der Waals surface area contributed by atoms with Gasteiger partial charge in [0, 0.05) is 30.6 Å². The second-order valence-electron chi connectivity index (χ2n) is 7.80. The van der Waals surface area contributed by atoms with Crippen molar-refractivity contribution in [3.63, 3.8) is 0 Å². The Morgan fingerprint density at radius 3 is 2.86 bits per heavy atom. The molecule has 0 radical (unpaired) electrons. The van der Waals surface area contributed by atoms with Gasteiger partial charge in [-0.3, -0.25) is 4.98 Å². The van der Waals surface area contributed by atoms with Crippen molar-refractivity contribution in [3.8, 4) is 0 Å². The Hall–Kier alpha value is -2.80. The molecule has 2 fully saturated rings. The Balaban J connectivity index is 1.34. The summed E-state index contributed by atoms with van der Waals surface area (Å²) < 4.78 is 20.0. The molecule has 0 aliphatic carbocycles. The number of pyridine rings is 1. The lowest BCUT2D eigenvalue weighted by Crippen LogP contribution is -2.31. The van der Waals surface area contributed by atoms with Gasteiger partial charge in [-0.2, -0.15) is 4.98 Å². The van der Waals surface area contributed by atoms with Crippen LogP contribution in [0.3, 0.4) is 0 Å². The topological polar surface area (TPSA) is 63.2 Å². The standard InChI is InChI=1S/C22H24FN5O/c23-18-12-25-22(27-21(18)28-9-3-4-10-28)26-20-14-29-13-16(20)11-15-7-8-24-19-6-2-1-5-17(15)19/h1-2,5-8,12,16,20H,3-4,9-11,13-14H2,(H,25,26,27)/t16-,20+/m1/s1. The lowest BCUT2D eigenvalue weighted by atomic mass is 9.93. The van der Waals surface area contributed by atoms with Crippen molar-refractivity contribution in [1.82, 2.24) is 15.0 Å². The molecule has 7 heteroatoms. The zero-order chi connectivity index (χ0) is 19.6. The summed E-state index contributed by atoms with van der Waals surface area (Å²) in [5.41, 5.74) is 2.27. The number of nitrogens with one attached hydrogen (secondary N) is 1. The third kappa shape index (κ3) is 3.74. The maximum absolute atomic E-state index is 14.2. The minimum absolute atomic E-state index is 0.0822. The van der Waals surface area contributed by atoms with Gasteiger partial charge in [0.15, 0.2) is 11.6 Å². The summed E-state index contributed by atoms with van der Waals surface area (Å²) in [6.45, 7) is 2.96. The molecule has 5 rings (SSSR count). The van der Waals surface area contributed by atoms with E-state index in [1.807, 2.05) is 29.3 Å². The van der Waals surface area contributed by atoms with Crippen LogP contribution in [0.15, 0.2) is 42.7 Å². The fraction of sp³-hybridized carbons (Fsp3) is 0.409. The molecule has 0 unspecified atom stereocenters. The van der Waals surface area contributed by atoms with Crippen molar-refractivity contribution in [2.24, 2.45) is 5.92 Å². The molecular formula is C22H24FN5O. The number of halogens is 1. The van der Waals surface area contributed by atoms with Crippen molar-refractivity contribution in [3.05, 3.63) is 54.1 Å². The fourth-order valence-corrected chi connectivity index (χ4v) is 4.32. The summed E-state index contributed by atoms with van der Waals surface area (Å²) >= 11 is 0. The Bertz CT molecular complexity index is 1000. The summed E-state index contributed by atoms with van der Waals surface area (Å²) in [5.74, 6) is 0.786. The Labute approximate surface area is 169 Å². The summed E-state index contributed by atoms with van der Waals surface area (Å²) in [6.07, 6.45) is 6.15. The van der Waals surface area contributed by atoms with Gasteiger partial charge < -0.3 is 15.0 Å². The van der Waals surface area contributed by atoms with E-state index >= 15 is 0 Å². The summed E-state index contributed by atoms with van der Waals surface area (Å²) in [7, 11) is 0. The monoisotopic (exact) mass is 393 g/mol. The molecule has 2 aliphatic rings. The van der Waals surface area contributed by atoms with E-state index in [1.165, 1.54) is 17.1 Å². The summed E-state index contributed by atoms with van der Waals surface area (Å²) in [5, 5.41) is 4.57. The van der Waals surface area contributed by atoms with E-state index in [9.17, 15) is 4.39 Å². The third-order valence-electron chi connectivity index (χ3n) is 5.87. The maximum Gasteiger partial charge on any atom is 0.225 e. The molecule has 4 heterocycles. The van der Waals surface area contributed by atoms with Gasteiger partial charge in [-0.1, -0.05) is 18.2 Å². The van der Waals surface area contributed by atoms with Gasteiger partial charge in [0.1, 0.15) is 0 Å². The first-order valence-electron chi connectivity index (χ1n) is 10.2. The molecule has 150 valence electrons. The molecule has 0 spiro atoms. The predicted octanol–water partition coefficient (Wildman–Crippen LogP) is 3.43. The van der Waals surface area contributed by atoms with E-state index in [1.54, 1.807) is 0 Å². The van der Waals surface area contributed by atoms with Crippen LogP contribution in [0.5, 0.6) is 0 Å². The second-order valence-corrected chi connectivity index (χ2v) is 7.80. The van der Waals surface area contributed by atoms with Crippen molar-refractivity contribution in [1.29, 1.82) is 0 Å². The molecule has 2 aliphatic heterocycles. The number of anilines is 2. The Kier molecular flexibility index (Phi) is 4.97. The van der Waals surface area contributed by atoms with Crippen molar-refractivity contribution < 1.29 is 9.13 Å². The van der Waals surface area contributed by atoms with Crippen LogP contribution in [0.1, 0.15) is 18.4 Å². The average Bonchev–Trinajstić information content (AvgIpc) is 3.42. The minimum Gasteiger partial charge on any atom is -0.379 e. The Morgan fingerprint density at radius 2 is 1.97 bits per heavy atom. The molecule has 3 aromatic rings. The minimum atomic E-state index is -0.361. The number of fused-ring (bicyclic) bond motifs is 1. The third-order valence-corrected chi connectivity index (χ3v) is 5.87. The molecule has 2 atom stereocenters. The van der Waals surface area contributed by atoms with Crippen LogP contribution in [-0.2, 0) is 11.2 Å².